The number of aromatic nitrogens is 2. The van der Waals surface area contributed by atoms with Crippen LogP contribution in [0.3, 0.4) is 0 Å². The van der Waals surface area contributed by atoms with Gasteiger partial charge in [-0.2, -0.15) is 4.98 Å². The Kier molecular flexibility index (Phi) is 7.84. The van der Waals surface area contributed by atoms with E-state index in [9.17, 15) is 14.4 Å². The molecule has 0 unspecified atom stereocenters. The Labute approximate surface area is 223 Å². The van der Waals surface area contributed by atoms with Gasteiger partial charge in [-0.25, -0.2) is 14.0 Å². The van der Waals surface area contributed by atoms with E-state index in [1.807, 2.05) is 32.0 Å². The summed E-state index contributed by atoms with van der Waals surface area (Å²) in [5, 5.41) is 0.312. The number of rotatable bonds is 7. The Bertz CT molecular complexity index is 1410. The molecule has 1 aliphatic rings. The zero-order valence-electron chi connectivity index (χ0n) is 21.1. The number of hydrogen-bond acceptors (Lipinski definition) is 8. The van der Waals surface area contributed by atoms with Crippen LogP contribution in [0.2, 0.25) is 5.02 Å². The lowest BCUT2D eigenvalue weighted by molar-refractivity contribution is -0.194. The maximum atomic E-state index is 16.0. The van der Waals surface area contributed by atoms with Crippen LogP contribution in [0, 0.1) is 19.8 Å². The molecule has 0 amide bonds. The van der Waals surface area contributed by atoms with Crippen molar-refractivity contribution in [3.8, 4) is 11.6 Å². The fourth-order valence-corrected chi connectivity index (χ4v) is 4.37. The number of carbonyl (C=O) groups is 2. The molecule has 3 aromatic rings. The number of aryl methyl sites for hydroxylation is 2. The molecular formula is C27H26ClFN2O7. The maximum Gasteiger partial charge on any atom is 0.353 e. The van der Waals surface area contributed by atoms with Gasteiger partial charge in [0, 0.05) is 24.2 Å². The Morgan fingerprint density at radius 1 is 1.16 bits per heavy atom. The molecule has 1 aliphatic heterocycles. The first-order valence-corrected chi connectivity index (χ1v) is 12.2. The van der Waals surface area contributed by atoms with E-state index in [2.05, 4.69) is 4.98 Å². The smallest absolute Gasteiger partial charge is 0.353 e. The van der Waals surface area contributed by atoms with E-state index in [0.717, 1.165) is 22.6 Å². The van der Waals surface area contributed by atoms with Gasteiger partial charge in [-0.1, -0.05) is 42.8 Å². The predicted octanol–water partition coefficient (Wildman–Crippen LogP) is 4.93. The van der Waals surface area contributed by atoms with Gasteiger partial charge in [-0.3, -0.25) is 9.36 Å². The number of halogens is 2. The SMILES string of the molecule is CC(=O)O[C@H]1[C@H](n2ccc(Oc3c(C)cccc3C)nc2=O)O[C@](F)(COC(=O)c2cccc(Cl)c2)[C@H]1C. The highest BCUT2D eigenvalue weighted by atomic mass is 35.5. The van der Waals surface area contributed by atoms with Crippen LogP contribution in [-0.4, -0.2) is 40.1 Å². The third-order valence-electron chi connectivity index (χ3n) is 6.23. The van der Waals surface area contributed by atoms with Crippen molar-refractivity contribution in [1.82, 2.24) is 9.55 Å². The summed E-state index contributed by atoms with van der Waals surface area (Å²) in [6.07, 6.45) is -1.28. The van der Waals surface area contributed by atoms with E-state index in [1.54, 1.807) is 12.1 Å². The number of esters is 2. The topological polar surface area (TPSA) is 106 Å². The van der Waals surface area contributed by atoms with Gasteiger partial charge in [0.1, 0.15) is 5.75 Å². The second-order valence-electron chi connectivity index (χ2n) is 9.02. The van der Waals surface area contributed by atoms with E-state index in [4.69, 9.17) is 30.5 Å². The minimum atomic E-state index is -2.58. The summed E-state index contributed by atoms with van der Waals surface area (Å²) in [5.74, 6) is -4.62. The quantitative estimate of drug-likeness (QED) is 0.386. The Hall–Kier alpha value is -3.76. The average molecular weight is 545 g/mol. The molecular weight excluding hydrogens is 519 g/mol. The van der Waals surface area contributed by atoms with Crippen molar-refractivity contribution in [3.05, 3.63) is 86.9 Å². The van der Waals surface area contributed by atoms with E-state index in [0.29, 0.717) is 10.8 Å². The van der Waals surface area contributed by atoms with Crippen LogP contribution in [0.4, 0.5) is 4.39 Å². The second kappa shape index (κ2) is 10.9. The van der Waals surface area contributed by atoms with Crippen molar-refractivity contribution >= 4 is 23.5 Å². The van der Waals surface area contributed by atoms with Crippen LogP contribution in [0.25, 0.3) is 0 Å². The third kappa shape index (κ3) is 5.71. The zero-order chi connectivity index (χ0) is 27.6. The van der Waals surface area contributed by atoms with Crippen molar-refractivity contribution in [3.63, 3.8) is 0 Å². The molecule has 11 heteroatoms. The Morgan fingerprint density at radius 3 is 2.47 bits per heavy atom. The van der Waals surface area contributed by atoms with Crippen molar-refractivity contribution in [2.75, 3.05) is 6.61 Å². The van der Waals surface area contributed by atoms with Gasteiger partial charge in [0.05, 0.1) is 11.5 Å². The molecule has 0 radical (unpaired) electrons. The van der Waals surface area contributed by atoms with Crippen LogP contribution in [-0.2, 0) is 19.0 Å². The van der Waals surface area contributed by atoms with Crippen LogP contribution >= 0.6 is 11.6 Å². The van der Waals surface area contributed by atoms with Gasteiger partial charge in [0.15, 0.2) is 18.9 Å². The molecule has 0 spiro atoms. The summed E-state index contributed by atoms with van der Waals surface area (Å²) in [4.78, 5) is 41.1. The van der Waals surface area contributed by atoms with Crippen LogP contribution in [0.15, 0.2) is 59.5 Å². The lowest BCUT2D eigenvalue weighted by Crippen LogP contribution is -2.38. The first kappa shape index (κ1) is 27.3. The van der Waals surface area contributed by atoms with Crippen molar-refractivity contribution in [2.45, 2.75) is 45.9 Å². The number of alkyl halides is 1. The lowest BCUT2D eigenvalue weighted by atomic mass is 9.98. The third-order valence-corrected chi connectivity index (χ3v) is 6.46. The van der Waals surface area contributed by atoms with Crippen LogP contribution in [0.1, 0.15) is 41.6 Å². The molecule has 1 fully saturated rings. The van der Waals surface area contributed by atoms with Crippen LogP contribution < -0.4 is 10.4 Å². The minimum absolute atomic E-state index is 0.0284. The molecule has 0 bridgehead atoms. The summed E-state index contributed by atoms with van der Waals surface area (Å²) in [6, 6.07) is 13.0. The fourth-order valence-electron chi connectivity index (χ4n) is 4.17. The van der Waals surface area contributed by atoms with Gasteiger partial charge in [0.2, 0.25) is 5.88 Å². The molecule has 2 heterocycles. The highest BCUT2D eigenvalue weighted by Gasteiger charge is 2.57. The molecule has 9 nitrogen and oxygen atoms in total. The summed E-state index contributed by atoms with van der Waals surface area (Å²) >= 11 is 5.91. The van der Waals surface area contributed by atoms with E-state index in [1.165, 1.54) is 31.3 Å². The summed E-state index contributed by atoms with van der Waals surface area (Å²) in [6.45, 7) is 5.49. The first-order valence-electron chi connectivity index (χ1n) is 11.8. The molecule has 0 saturated carbocycles. The van der Waals surface area contributed by atoms with Crippen molar-refractivity contribution in [1.29, 1.82) is 0 Å². The highest BCUT2D eigenvalue weighted by Crippen LogP contribution is 2.44. The summed E-state index contributed by atoms with van der Waals surface area (Å²) < 4.78 is 38.9. The maximum absolute atomic E-state index is 16.0. The molecule has 2 aromatic carbocycles. The largest absolute Gasteiger partial charge is 0.457 e. The number of carbonyl (C=O) groups excluding carboxylic acids is 2. The normalized spacial score (nSPS) is 22.6. The zero-order valence-corrected chi connectivity index (χ0v) is 21.9. The van der Waals surface area contributed by atoms with Gasteiger partial charge in [-0.05, 0) is 43.2 Å². The predicted molar refractivity (Wildman–Crippen MR) is 135 cm³/mol. The number of nitrogens with zero attached hydrogens (tertiary/aromatic N) is 2. The molecule has 0 N–H and O–H groups in total. The molecule has 1 saturated heterocycles. The Balaban J connectivity index is 1.57. The molecule has 0 aliphatic carbocycles. The lowest BCUT2D eigenvalue weighted by Gasteiger charge is -2.24. The van der Waals surface area contributed by atoms with Crippen LogP contribution in [0.5, 0.6) is 11.6 Å². The number of hydrogen-bond donors (Lipinski definition) is 0. The second-order valence-corrected chi connectivity index (χ2v) is 9.46. The van der Waals surface area contributed by atoms with Gasteiger partial charge in [-0.15, -0.1) is 0 Å². The van der Waals surface area contributed by atoms with Crippen molar-refractivity contribution in [2.24, 2.45) is 5.92 Å². The van der Waals surface area contributed by atoms with Gasteiger partial charge >= 0.3 is 17.6 Å². The summed E-state index contributed by atoms with van der Waals surface area (Å²) in [7, 11) is 0. The first-order chi connectivity index (χ1) is 18.0. The molecule has 38 heavy (non-hydrogen) atoms. The fraction of sp³-hybridized carbons (Fsp3) is 0.333. The number of benzene rings is 2. The van der Waals surface area contributed by atoms with Gasteiger partial charge < -0.3 is 18.9 Å². The molecule has 1 aromatic heterocycles. The minimum Gasteiger partial charge on any atom is -0.457 e. The highest BCUT2D eigenvalue weighted by molar-refractivity contribution is 6.30. The average Bonchev–Trinajstić information content (AvgIpc) is 3.10. The van der Waals surface area contributed by atoms with E-state index in [-0.39, 0.29) is 11.4 Å². The van der Waals surface area contributed by atoms with E-state index >= 15 is 4.39 Å². The van der Waals surface area contributed by atoms with Gasteiger partial charge in [0.25, 0.3) is 5.85 Å². The standard InChI is InChI=1S/C27H26ClFN2O7/c1-15-7-5-8-16(2)22(15)37-21-11-12-31(26(34)30-21)24-23(36-18(4)32)17(3)27(29,38-24)14-35-25(33)19-9-6-10-20(28)13-19/h5-13,17,23-24H,14H2,1-4H3/t17-,23+,24+,27+/m0/s1. The number of para-hydroxylation sites is 1. The monoisotopic (exact) mass is 544 g/mol. The molecule has 4 atom stereocenters. The molecule has 4 rings (SSSR count). The summed E-state index contributed by atoms with van der Waals surface area (Å²) in [5.41, 5.74) is 1.02. The molecule has 200 valence electrons. The Morgan fingerprint density at radius 2 is 1.84 bits per heavy atom. The van der Waals surface area contributed by atoms with E-state index < -0.39 is 48.3 Å². The van der Waals surface area contributed by atoms with Crippen molar-refractivity contribution < 1.29 is 32.9 Å². The number of ether oxygens (including phenoxy) is 4.